The first-order valence-electron chi connectivity index (χ1n) is 18.8. The Balaban J connectivity index is 1.31. The Morgan fingerprint density at radius 1 is 0.618 bits per heavy atom. The molecule has 0 aromatic heterocycles. The van der Waals surface area contributed by atoms with Crippen molar-refractivity contribution in [2.45, 2.75) is 96.2 Å². The summed E-state index contributed by atoms with van der Waals surface area (Å²) >= 11 is 0. The Morgan fingerprint density at radius 2 is 1.11 bits per heavy atom. The SMILES string of the molecule is CC(C)(C)C(=O)O[C@H]1[C@H](O[C@H]2[C@H](OCc3ccccc3)C=CO[C@@H]2COCc2ccccc2)O[C@H](CO)[C@@H](OCc2ccccc2)[C@@H]1OCc1ccccc1. The monoisotopic (exact) mass is 752 g/mol. The van der Waals surface area contributed by atoms with Crippen LogP contribution in [-0.4, -0.2) is 73.3 Å². The predicted molar refractivity (Wildman–Crippen MR) is 205 cm³/mol. The average molecular weight is 753 g/mol. The molecule has 2 aliphatic rings. The molecule has 6 rings (SSSR count). The van der Waals surface area contributed by atoms with Gasteiger partial charge in [0.25, 0.3) is 0 Å². The van der Waals surface area contributed by atoms with Crippen LogP contribution < -0.4 is 0 Å². The molecular formula is C45H52O10. The van der Waals surface area contributed by atoms with Crippen LogP contribution in [0.2, 0.25) is 0 Å². The van der Waals surface area contributed by atoms with Gasteiger partial charge >= 0.3 is 5.97 Å². The van der Waals surface area contributed by atoms with Gasteiger partial charge in [0.15, 0.2) is 18.5 Å². The Bertz CT molecular complexity index is 1730. The van der Waals surface area contributed by atoms with Crippen molar-refractivity contribution in [1.29, 1.82) is 0 Å². The number of aliphatic hydroxyl groups is 1. The molecule has 0 bridgehead atoms. The van der Waals surface area contributed by atoms with E-state index in [1.54, 1.807) is 33.1 Å². The molecule has 10 heteroatoms. The van der Waals surface area contributed by atoms with Crippen molar-refractivity contribution < 1.29 is 47.8 Å². The Kier molecular flexibility index (Phi) is 14.6. The standard InChI is InChI=1S/C45H52O10/c1-45(2,3)44(47)55-42-41(52-30-35-22-14-7-15-23-35)40(51-29-34-20-12-6-13-21-34)37(26-46)53-43(42)54-39-36(50-28-33-18-10-5-11-19-33)24-25-49-38(39)31-48-27-32-16-8-4-9-17-32/h4-25,36-43,46H,26-31H2,1-3H3/t36-,37-,38-,39+,40-,41+,42-,43+/m1/s1. The van der Waals surface area contributed by atoms with Gasteiger partial charge in [0.1, 0.15) is 30.5 Å². The zero-order valence-electron chi connectivity index (χ0n) is 31.7. The lowest BCUT2D eigenvalue weighted by Gasteiger charge is -2.47. The maximum atomic E-state index is 13.7. The molecule has 10 nitrogen and oxygen atoms in total. The molecule has 8 atom stereocenters. The third-order valence-electron chi connectivity index (χ3n) is 9.38. The fourth-order valence-electron chi connectivity index (χ4n) is 6.35. The zero-order chi connectivity index (χ0) is 38.5. The van der Waals surface area contributed by atoms with Gasteiger partial charge < -0.3 is 43.0 Å². The van der Waals surface area contributed by atoms with Crippen LogP contribution in [0, 0.1) is 5.41 Å². The molecule has 292 valence electrons. The number of hydrogen-bond acceptors (Lipinski definition) is 10. The van der Waals surface area contributed by atoms with E-state index < -0.39 is 67.0 Å². The third-order valence-corrected chi connectivity index (χ3v) is 9.38. The number of ether oxygens (including phenoxy) is 8. The average Bonchev–Trinajstić information content (AvgIpc) is 3.21. The van der Waals surface area contributed by atoms with E-state index in [9.17, 15) is 9.90 Å². The summed E-state index contributed by atoms with van der Waals surface area (Å²) in [5.41, 5.74) is 2.96. The van der Waals surface area contributed by atoms with Gasteiger partial charge in [-0.2, -0.15) is 0 Å². The lowest BCUT2D eigenvalue weighted by atomic mass is 9.95. The van der Waals surface area contributed by atoms with Crippen molar-refractivity contribution >= 4 is 5.97 Å². The Morgan fingerprint density at radius 3 is 1.62 bits per heavy atom. The summed E-state index contributed by atoms with van der Waals surface area (Å²) in [5.74, 6) is -0.480. The van der Waals surface area contributed by atoms with E-state index in [4.69, 9.17) is 37.9 Å². The highest BCUT2D eigenvalue weighted by Crippen LogP contribution is 2.34. The second kappa shape index (κ2) is 20.0. The largest absolute Gasteiger partial charge is 0.493 e. The fraction of sp³-hybridized carbons (Fsp3) is 0.400. The highest BCUT2D eigenvalue weighted by Gasteiger charge is 2.52. The van der Waals surface area contributed by atoms with Crippen molar-refractivity contribution in [3.05, 3.63) is 156 Å². The number of benzene rings is 4. The maximum absolute atomic E-state index is 13.7. The smallest absolute Gasteiger partial charge is 0.311 e. The van der Waals surface area contributed by atoms with E-state index in [2.05, 4.69) is 0 Å². The molecule has 1 saturated heterocycles. The molecule has 4 aromatic carbocycles. The number of esters is 1. The number of rotatable bonds is 17. The van der Waals surface area contributed by atoms with Crippen LogP contribution in [-0.2, 0) is 69.1 Å². The molecule has 0 aliphatic carbocycles. The normalized spacial score (nSPS) is 25.2. The number of carbonyl (C=O) groups is 1. The zero-order valence-corrected chi connectivity index (χ0v) is 31.7. The molecule has 4 aromatic rings. The van der Waals surface area contributed by atoms with E-state index in [1.807, 2.05) is 121 Å². The van der Waals surface area contributed by atoms with Crippen LogP contribution >= 0.6 is 0 Å². The van der Waals surface area contributed by atoms with Crippen LogP contribution in [0.15, 0.2) is 134 Å². The van der Waals surface area contributed by atoms with E-state index in [-0.39, 0.29) is 19.8 Å². The molecule has 1 N–H and O–H groups in total. The lowest BCUT2D eigenvalue weighted by molar-refractivity contribution is -0.340. The van der Waals surface area contributed by atoms with E-state index >= 15 is 0 Å². The molecule has 0 amide bonds. The first-order valence-corrected chi connectivity index (χ1v) is 18.8. The van der Waals surface area contributed by atoms with Gasteiger partial charge in [-0.15, -0.1) is 0 Å². The van der Waals surface area contributed by atoms with Gasteiger partial charge in [-0.25, -0.2) is 0 Å². The van der Waals surface area contributed by atoms with Crippen LogP contribution in [0.4, 0.5) is 0 Å². The second-order valence-corrected chi connectivity index (χ2v) is 14.7. The lowest BCUT2D eigenvalue weighted by Crippen LogP contribution is -2.64. The topological polar surface area (TPSA) is 111 Å². The van der Waals surface area contributed by atoms with Crippen molar-refractivity contribution in [3.8, 4) is 0 Å². The molecule has 55 heavy (non-hydrogen) atoms. The minimum atomic E-state index is -1.22. The predicted octanol–water partition coefficient (Wildman–Crippen LogP) is 6.93. The number of hydrogen-bond donors (Lipinski definition) is 1. The van der Waals surface area contributed by atoms with Gasteiger partial charge in [-0.05, 0) is 49.1 Å². The quantitative estimate of drug-likeness (QED) is 0.114. The summed E-state index contributed by atoms with van der Waals surface area (Å²) in [4.78, 5) is 13.7. The van der Waals surface area contributed by atoms with Gasteiger partial charge in [0.2, 0.25) is 0 Å². The summed E-state index contributed by atoms with van der Waals surface area (Å²) in [6.45, 7) is 6.14. The second-order valence-electron chi connectivity index (χ2n) is 14.7. The maximum Gasteiger partial charge on any atom is 0.311 e. The van der Waals surface area contributed by atoms with Crippen LogP contribution in [0.3, 0.4) is 0 Å². The summed E-state index contributed by atoms with van der Waals surface area (Å²) in [6, 6.07) is 39.1. The van der Waals surface area contributed by atoms with E-state index in [0.29, 0.717) is 13.2 Å². The van der Waals surface area contributed by atoms with Crippen LogP contribution in [0.25, 0.3) is 0 Å². The molecule has 0 unspecified atom stereocenters. The molecule has 2 heterocycles. The van der Waals surface area contributed by atoms with Gasteiger partial charge in [-0.1, -0.05) is 121 Å². The van der Waals surface area contributed by atoms with Gasteiger partial charge in [-0.3, -0.25) is 4.79 Å². The minimum Gasteiger partial charge on any atom is -0.493 e. The van der Waals surface area contributed by atoms with Crippen molar-refractivity contribution in [2.75, 3.05) is 13.2 Å². The molecule has 0 saturated carbocycles. The minimum absolute atomic E-state index is 0.161. The molecule has 0 spiro atoms. The highest BCUT2D eigenvalue weighted by atomic mass is 16.7. The van der Waals surface area contributed by atoms with Gasteiger partial charge in [0.05, 0.1) is 51.3 Å². The van der Waals surface area contributed by atoms with Crippen molar-refractivity contribution in [1.82, 2.24) is 0 Å². The first-order chi connectivity index (χ1) is 26.8. The van der Waals surface area contributed by atoms with Crippen LogP contribution in [0.5, 0.6) is 0 Å². The first kappa shape index (κ1) is 40.3. The van der Waals surface area contributed by atoms with Crippen molar-refractivity contribution in [2.24, 2.45) is 5.41 Å². The molecule has 0 radical (unpaired) electrons. The molecule has 1 fully saturated rings. The number of carbonyl (C=O) groups excluding carboxylic acids is 1. The molecular weight excluding hydrogens is 700 g/mol. The Labute approximate surface area is 323 Å². The summed E-state index contributed by atoms with van der Waals surface area (Å²) in [5, 5.41) is 10.8. The summed E-state index contributed by atoms with van der Waals surface area (Å²) in [6.07, 6.45) is -3.65. The van der Waals surface area contributed by atoms with Crippen molar-refractivity contribution in [3.63, 3.8) is 0 Å². The van der Waals surface area contributed by atoms with Gasteiger partial charge in [0, 0.05) is 0 Å². The van der Waals surface area contributed by atoms with E-state index in [1.165, 1.54) is 0 Å². The third kappa shape index (κ3) is 11.6. The Hall–Kier alpha value is -4.39. The number of aliphatic hydroxyl groups excluding tert-OH is 1. The summed E-state index contributed by atoms with van der Waals surface area (Å²) in [7, 11) is 0. The summed E-state index contributed by atoms with van der Waals surface area (Å²) < 4.78 is 51.7. The highest BCUT2D eigenvalue weighted by molar-refractivity contribution is 5.75. The van der Waals surface area contributed by atoms with Crippen LogP contribution in [0.1, 0.15) is 43.0 Å². The van der Waals surface area contributed by atoms with E-state index in [0.717, 1.165) is 22.3 Å². The fourth-order valence-corrected chi connectivity index (χ4v) is 6.35. The molecule has 2 aliphatic heterocycles.